The highest BCUT2D eigenvalue weighted by molar-refractivity contribution is 7.16. The van der Waals surface area contributed by atoms with Gasteiger partial charge in [0.25, 0.3) is 5.91 Å². The highest BCUT2D eigenvalue weighted by Crippen LogP contribution is 2.24. The van der Waals surface area contributed by atoms with Crippen LogP contribution in [-0.4, -0.2) is 42.6 Å². The van der Waals surface area contributed by atoms with Crippen molar-refractivity contribution in [2.45, 2.75) is 6.54 Å². The number of esters is 1. The summed E-state index contributed by atoms with van der Waals surface area (Å²) in [6.45, 7) is -0.0523. The number of benzene rings is 1. The van der Waals surface area contributed by atoms with Crippen LogP contribution in [0.15, 0.2) is 30.3 Å². The second-order valence-electron chi connectivity index (χ2n) is 4.91. The van der Waals surface area contributed by atoms with Gasteiger partial charge in [-0.25, -0.2) is 4.79 Å². The Morgan fingerprint density at radius 2 is 2.04 bits per heavy atom. The van der Waals surface area contributed by atoms with Gasteiger partial charge in [-0.1, -0.05) is 11.6 Å². The lowest BCUT2D eigenvalue weighted by atomic mass is 10.2. The van der Waals surface area contributed by atoms with E-state index in [4.69, 9.17) is 21.1 Å². The molecular formula is C16H16ClNO5S. The molecule has 24 heavy (non-hydrogen) atoms. The number of halogens is 1. The summed E-state index contributed by atoms with van der Waals surface area (Å²) in [4.78, 5) is 26.4. The first-order valence-electron chi connectivity index (χ1n) is 6.93. The Balaban J connectivity index is 1.92. The van der Waals surface area contributed by atoms with E-state index >= 15 is 0 Å². The van der Waals surface area contributed by atoms with Gasteiger partial charge in [0.15, 0.2) is 6.61 Å². The molecule has 0 fully saturated rings. The van der Waals surface area contributed by atoms with Gasteiger partial charge in [-0.15, -0.1) is 11.3 Å². The molecule has 0 saturated heterocycles. The van der Waals surface area contributed by atoms with Crippen molar-refractivity contribution in [2.24, 2.45) is 0 Å². The van der Waals surface area contributed by atoms with Gasteiger partial charge in [0.1, 0.15) is 17.1 Å². The van der Waals surface area contributed by atoms with Crippen molar-refractivity contribution in [3.63, 3.8) is 0 Å². The van der Waals surface area contributed by atoms with Crippen molar-refractivity contribution < 1.29 is 24.2 Å². The quantitative estimate of drug-likeness (QED) is 0.792. The number of likely N-dealkylation sites (N-methyl/N-ethyl adjacent to an activating group) is 1. The molecule has 0 aliphatic carbocycles. The number of rotatable bonds is 6. The first-order chi connectivity index (χ1) is 11.4. The number of amides is 1. The maximum Gasteiger partial charge on any atom is 0.342 e. The number of hydrogen-bond acceptors (Lipinski definition) is 6. The van der Waals surface area contributed by atoms with Crippen molar-refractivity contribution in [3.8, 4) is 11.5 Å². The fourth-order valence-electron chi connectivity index (χ4n) is 1.88. The molecule has 1 aromatic heterocycles. The van der Waals surface area contributed by atoms with Gasteiger partial charge in [-0.05, 0) is 30.3 Å². The van der Waals surface area contributed by atoms with E-state index in [1.165, 1.54) is 41.5 Å². The van der Waals surface area contributed by atoms with E-state index in [-0.39, 0.29) is 17.2 Å². The van der Waals surface area contributed by atoms with E-state index in [9.17, 15) is 14.7 Å². The number of phenolic OH excluding ortho intramolecular Hbond substituents is 1. The maximum absolute atomic E-state index is 12.0. The number of thiophene rings is 1. The van der Waals surface area contributed by atoms with Crippen LogP contribution in [0.4, 0.5) is 0 Å². The maximum atomic E-state index is 12.0. The van der Waals surface area contributed by atoms with E-state index in [2.05, 4.69) is 0 Å². The number of nitrogens with zero attached hydrogens (tertiary/aromatic N) is 1. The Morgan fingerprint density at radius 1 is 1.29 bits per heavy atom. The van der Waals surface area contributed by atoms with Crippen molar-refractivity contribution in [1.29, 1.82) is 0 Å². The molecule has 0 aliphatic heterocycles. The normalized spacial score (nSPS) is 10.3. The Morgan fingerprint density at radius 3 is 2.67 bits per heavy atom. The van der Waals surface area contributed by atoms with Crippen LogP contribution in [0.3, 0.4) is 0 Å². The van der Waals surface area contributed by atoms with Gasteiger partial charge in [0.2, 0.25) is 0 Å². The van der Waals surface area contributed by atoms with E-state index in [1.807, 2.05) is 6.07 Å². The molecule has 0 aliphatic rings. The third kappa shape index (κ3) is 4.62. The number of methoxy groups -OCH3 is 1. The lowest BCUT2D eigenvalue weighted by Gasteiger charge is -2.16. The molecule has 6 nitrogen and oxygen atoms in total. The molecule has 2 rings (SSSR count). The summed E-state index contributed by atoms with van der Waals surface area (Å²) in [6.07, 6.45) is 0. The molecule has 8 heteroatoms. The van der Waals surface area contributed by atoms with Crippen molar-refractivity contribution in [2.75, 3.05) is 20.8 Å². The van der Waals surface area contributed by atoms with Crippen LogP contribution in [-0.2, 0) is 16.1 Å². The molecule has 0 bridgehead atoms. The largest absolute Gasteiger partial charge is 0.507 e. The molecule has 128 valence electrons. The molecule has 1 aromatic carbocycles. The third-order valence-corrected chi connectivity index (χ3v) is 4.41. The summed E-state index contributed by atoms with van der Waals surface area (Å²) in [5.74, 6) is -1.00. The van der Waals surface area contributed by atoms with Gasteiger partial charge in [-0.3, -0.25) is 4.79 Å². The van der Waals surface area contributed by atoms with Crippen LogP contribution >= 0.6 is 22.9 Å². The molecule has 1 heterocycles. The second kappa shape index (κ2) is 8.03. The average molecular weight is 370 g/mol. The highest BCUT2D eigenvalue weighted by atomic mass is 35.5. The number of aromatic hydroxyl groups is 1. The van der Waals surface area contributed by atoms with Crippen LogP contribution in [0.25, 0.3) is 0 Å². The van der Waals surface area contributed by atoms with E-state index in [1.54, 1.807) is 13.1 Å². The Labute approximate surface area is 148 Å². The first kappa shape index (κ1) is 18.1. The summed E-state index contributed by atoms with van der Waals surface area (Å²) in [6, 6.07) is 7.77. The lowest BCUT2D eigenvalue weighted by molar-refractivity contribution is -0.133. The zero-order valence-corrected chi connectivity index (χ0v) is 14.7. The zero-order valence-electron chi connectivity index (χ0n) is 13.1. The average Bonchev–Trinajstić information content (AvgIpc) is 2.97. The van der Waals surface area contributed by atoms with E-state index in [0.717, 1.165) is 4.88 Å². The van der Waals surface area contributed by atoms with Crippen LogP contribution < -0.4 is 4.74 Å². The number of carbonyl (C=O) groups excluding carboxylic acids is 2. The first-order valence-corrected chi connectivity index (χ1v) is 8.12. The molecule has 1 amide bonds. The second-order valence-corrected chi connectivity index (χ2v) is 6.71. The molecule has 0 spiro atoms. The van der Waals surface area contributed by atoms with Crippen LogP contribution in [0, 0.1) is 0 Å². The van der Waals surface area contributed by atoms with E-state index in [0.29, 0.717) is 16.6 Å². The molecule has 0 radical (unpaired) electrons. The Kier molecular flexibility index (Phi) is 6.05. The summed E-state index contributed by atoms with van der Waals surface area (Å²) >= 11 is 7.22. The van der Waals surface area contributed by atoms with Crippen LogP contribution in [0.2, 0.25) is 4.34 Å². The fraction of sp³-hybridized carbons (Fsp3) is 0.250. The zero-order chi connectivity index (χ0) is 17.7. The standard InChI is InChI=1S/C16H16ClNO5S/c1-18(8-11-4-6-14(17)24-11)15(20)9-23-16(21)12-7-10(22-2)3-5-13(12)19/h3-7,19H,8-9H2,1-2H3. The summed E-state index contributed by atoms with van der Waals surface area (Å²) in [7, 11) is 3.05. The van der Waals surface area contributed by atoms with Gasteiger partial charge >= 0.3 is 5.97 Å². The van der Waals surface area contributed by atoms with Gasteiger partial charge in [0, 0.05) is 11.9 Å². The summed E-state index contributed by atoms with van der Waals surface area (Å²) < 4.78 is 10.6. The van der Waals surface area contributed by atoms with Gasteiger partial charge in [-0.2, -0.15) is 0 Å². The van der Waals surface area contributed by atoms with Crippen molar-refractivity contribution in [1.82, 2.24) is 4.90 Å². The summed E-state index contributed by atoms with van der Waals surface area (Å²) in [5, 5.41) is 9.71. The van der Waals surface area contributed by atoms with Crippen molar-refractivity contribution in [3.05, 3.63) is 45.1 Å². The lowest BCUT2D eigenvalue weighted by Crippen LogP contribution is -2.30. The molecule has 1 N–H and O–H groups in total. The van der Waals surface area contributed by atoms with Gasteiger partial charge < -0.3 is 19.5 Å². The molecule has 0 saturated carbocycles. The van der Waals surface area contributed by atoms with Crippen LogP contribution in [0.5, 0.6) is 11.5 Å². The minimum absolute atomic E-state index is 0.0603. The van der Waals surface area contributed by atoms with Crippen molar-refractivity contribution >= 4 is 34.8 Å². The predicted molar refractivity (Wildman–Crippen MR) is 90.7 cm³/mol. The monoisotopic (exact) mass is 369 g/mol. The molecule has 0 unspecified atom stereocenters. The molecule has 2 aromatic rings. The Hall–Kier alpha value is -2.25. The predicted octanol–water partition coefficient (Wildman–Crippen LogP) is 2.93. The SMILES string of the molecule is COc1ccc(O)c(C(=O)OCC(=O)N(C)Cc2ccc(Cl)s2)c1. The number of hydrogen-bond donors (Lipinski definition) is 1. The smallest absolute Gasteiger partial charge is 0.342 e. The Bertz CT molecular complexity index is 746. The van der Waals surface area contributed by atoms with Gasteiger partial charge in [0.05, 0.1) is 18.0 Å². The fourth-order valence-corrected chi connectivity index (χ4v) is 3.02. The minimum Gasteiger partial charge on any atom is -0.507 e. The highest BCUT2D eigenvalue weighted by Gasteiger charge is 2.17. The summed E-state index contributed by atoms with van der Waals surface area (Å²) in [5.41, 5.74) is -0.0603. The number of carbonyl (C=O) groups is 2. The number of phenols is 1. The third-order valence-electron chi connectivity index (χ3n) is 3.20. The van der Waals surface area contributed by atoms with E-state index < -0.39 is 12.6 Å². The van der Waals surface area contributed by atoms with Crippen LogP contribution in [0.1, 0.15) is 15.2 Å². The topological polar surface area (TPSA) is 76.1 Å². The molecule has 0 atom stereocenters. The number of ether oxygens (including phenoxy) is 2. The minimum atomic E-state index is -0.799. The molecular weight excluding hydrogens is 354 g/mol.